The van der Waals surface area contributed by atoms with E-state index >= 15 is 0 Å². The molecule has 4 heteroatoms. The van der Waals surface area contributed by atoms with Crippen LogP contribution in [0.5, 0.6) is 5.75 Å². The van der Waals surface area contributed by atoms with Crippen LogP contribution in [0.25, 0.3) is 10.8 Å². The molecule has 2 N–H and O–H groups in total. The SMILES string of the molecule is CCCNC(=O)c1cc(O)c2cccc(Cl)c2c1. The molecule has 0 aliphatic carbocycles. The van der Waals surface area contributed by atoms with Gasteiger partial charge in [-0.1, -0.05) is 30.7 Å². The van der Waals surface area contributed by atoms with Gasteiger partial charge in [0.05, 0.1) is 0 Å². The monoisotopic (exact) mass is 263 g/mol. The summed E-state index contributed by atoms with van der Waals surface area (Å²) in [5.41, 5.74) is 0.418. The molecule has 0 saturated heterocycles. The second kappa shape index (κ2) is 5.27. The number of hydrogen-bond donors (Lipinski definition) is 2. The van der Waals surface area contributed by atoms with Crippen LogP contribution in [0, 0.1) is 0 Å². The van der Waals surface area contributed by atoms with E-state index in [-0.39, 0.29) is 11.7 Å². The Labute approximate surface area is 110 Å². The molecule has 2 aromatic carbocycles. The first-order valence-electron chi connectivity index (χ1n) is 5.83. The maximum Gasteiger partial charge on any atom is 0.251 e. The van der Waals surface area contributed by atoms with Crippen LogP contribution in [0.1, 0.15) is 23.7 Å². The molecule has 0 saturated carbocycles. The Bertz CT molecular complexity index is 596. The van der Waals surface area contributed by atoms with Crippen molar-refractivity contribution in [3.05, 3.63) is 40.9 Å². The largest absolute Gasteiger partial charge is 0.507 e. The first-order valence-corrected chi connectivity index (χ1v) is 6.20. The number of halogens is 1. The standard InChI is InChI=1S/C14H14ClNO2/c1-2-6-16-14(18)9-7-11-10(13(17)8-9)4-3-5-12(11)15/h3-5,7-8,17H,2,6H2,1H3,(H,16,18). The van der Waals surface area contributed by atoms with Crippen molar-refractivity contribution >= 4 is 28.3 Å². The summed E-state index contributed by atoms with van der Waals surface area (Å²) in [5, 5.41) is 14.5. The highest BCUT2D eigenvalue weighted by Gasteiger charge is 2.10. The minimum atomic E-state index is -0.200. The van der Waals surface area contributed by atoms with E-state index in [1.54, 1.807) is 24.3 Å². The third-order valence-corrected chi connectivity index (χ3v) is 3.05. The molecule has 0 radical (unpaired) electrons. The number of benzene rings is 2. The lowest BCUT2D eigenvalue weighted by Gasteiger charge is -2.08. The molecule has 0 unspecified atom stereocenters. The van der Waals surface area contributed by atoms with Gasteiger partial charge in [0.2, 0.25) is 0 Å². The number of rotatable bonds is 3. The molecule has 2 aromatic rings. The van der Waals surface area contributed by atoms with Crippen molar-refractivity contribution in [2.75, 3.05) is 6.54 Å². The van der Waals surface area contributed by atoms with Gasteiger partial charge in [0.1, 0.15) is 5.75 Å². The van der Waals surface area contributed by atoms with Crippen molar-refractivity contribution in [2.24, 2.45) is 0 Å². The van der Waals surface area contributed by atoms with Gasteiger partial charge in [-0.05, 0) is 24.6 Å². The van der Waals surface area contributed by atoms with Crippen molar-refractivity contribution in [1.82, 2.24) is 5.32 Å². The first kappa shape index (κ1) is 12.7. The van der Waals surface area contributed by atoms with Crippen LogP contribution in [0.4, 0.5) is 0 Å². The summed E-state index contributed by atoms with van der Waals surface area (Å²) in [6.07, 6.45) is 0.867. The molecular formula is C14H14ClNO2. The molecule has 0 bridgehead atoms. The smallest absolute Gasteiger partial charge is 0.251 e. The number of aromatic hydroxyl groups is 1. The second-order valence-electron chi connectivity index (χ2n) is 4.09. The average molecular weight is 264 g/mol. The number of carbonyl (C=O) groups is 1. The fourth-order valence-electron chi connectivity index (χ4n) is 1.80. The lowest BCUT2D eigenvalue weighted by Crippen LogP contribution is -2.23. The summed E-state index contributed by atoms with van der Waals surface area (Å²) >= 11 is 6.07. The van der Waals surface area contributed by atoms with E-state index in [9.17, 15) is 9.90 Å². The molecule has 2 rings (SSSR count). The zero-order valence-corrected chi connectivity index (χ0v) is 10.8. The summed E-state index contributed by atoms with van der Waals surface area (Å²) in [6.45, 7) is 2.59. The Morgan fingerprint density at radius 1 is 1.33 bits per heavy atom. The highest BCUT2D eigenvalue weighted by atomic mass is 35.5. The van der Waals surface area contributed by atoms with Gasteiger partial charge in [-0.15, -0.1) is 0 Å². The minimum Gasteiger partial charge on any atom is -0.507 e. The van der Waals surface area contributed by atoms with Gasteiger partial charge in [-0.3, -0.25) is 4.79 Å². The third kappa shape index (κ3) is 2.41. The fraction of sp³-hybridized carbons (Fsp3) is 0.214. The predicted molar refractivity (Wildman–Crippen MR) is 73.2 cm³/mol. The maximum atomic E-state index is 11.8. The lowest BCUT2D eigenvalue weighted by molar-refractivity contribution is 0.0953. The molecule has 0 heterocycles. The van der Waals surface area contributed by atoms with Crippen molar-refractivity contribution in [1.29, 1.82) is 0 Å². The summed E-state index contributed by atoms with van der Waals surface area (Å²) in [6, 6.07) is 8.43. The molecular weight excluding hydrogens is 250 g/mol. The van der Waals surface area contributed by atoms with E-state index in [0.29, 0.717) is 27.9 Å². The number of amides is 1. The van der Waals surface area contributed by atoms with E-state index in [4.69, 9.17) is 11.6 Å². The second-order valence-corrected chi connectivity index (χ2v) is 4.49. The van der Waals surface area contributed by atoms with Gasteiger partial charge in [0.15, 0.2) is 0 Å². The molecule has 0 aromatic heterocycles. The summed E-state index contributed by atoms with van der Waals surface area (Å²) < 4.78 is 0. The van der Waals surface area contributed by atoms with E-state index < -0.39 is 0 Å². The quantitative estimate of drug-likeness (QED) is 0.892. The molecule has 0 fully saturated rings. The zero-order chi connectivity index (χ0) is 13.1. The average Bonchev–Trinajstić information content (AvgIpc) is 2.37. The number of carbonyl (C=O) groups excluding carboxylic acids is 1. The Morgan fingerprint density at radius 3 is 2.83 bits per heavy atom. The van der Waals surface area contributed by atoms with Crippen LogP contribution in [0.15, 0.2) is 30.3 Å². The molecule has 0 aliphatic heterocycles. The summed E-state index contributed by atoms with van der Waals surface area (Å²) in [7, 11) is 0. The number of fused-ring (bicyclic) bond motifs is 1. The topological polar surface area (TPSA) is 49.3 Å². The molecule has 94 valence electrons. The highest BCUT2D eigenvalue weighted by Crippen LogP contribution is 2.31. The highest BCUT2D eigenvalue weighted by molar-refractivity contribution is 6.35. The Morgan fingerprint density at radius 2 is 2.11 bits per heavy atom. The van der Waals surface area contributed by atoms with Crippen molar-refractivity contribution < 1.29 is 9.90 Å². The van der Waals surface area contributed by atoms with Gasteiger partial charge < -0.3 is 10.4 Å². The predicted octanol–water partition coefficient (Wildman–Crippen LogP) is 3.34. The molecule has 18 heavy (non-hydrogen) atoms. The van der Waals surface area contributed by atoms with Crippen molar-refractivity contribution in [2.45, 2.75) is 13.3 Å². The van der Waals surface area contributed by atoms with Gasteiger partial charge in [-0.2, -0.15) is 0 Å². The van der Waals surface area contributed by atoms with Crippen molar-refractivity contribution in [3.63, 3.8) is 0 Å². The van der Waals surface area contributed by atoms with E-state index in [1.165, 1.54) is 6.07 Å². The molecule has 0 aliphatic rings. The third-order valence-electron chi connectivity index (χ3n) is 2.72. The van der Waals surface area contributed by atoms with Gasteiger partial charge in [0, 0.05) is 27.9 Å². The first-order chi connectivity index (χ1) is 8.63. The molecule has 1 amide bonds. The van der Waals surface area contributed by atoms with E-state index in [1.807, 2.05) is 6.92 Å². The fourth-order valence-corrected chi connectivity index (χ4v) is 2.03. The van der Waals surface area contributed by atoms with Crippen LogP contribution in [-0.4, -0.2) is 17.6 Å². The Balaban J connectivity index is 2.48. The van der Waals surface area contributed by atoms with Crippen LogP contribution in [0.2, 0.25) is 5.02 Å². The minimum absolute atomic E-state index is 0.0663. The number of hydrogen-bond acceptors (Lipinski definition) is 2. The number of phenolic OH excluding ortho intramolecular Hbond substituents is 1. The maximum absolute atomic E-state index is 11.8. The van der Waals surface area contributed by atoms with Gasteiger partial charge in [-0.25, -0.2) is 0 Å². The summed E-state index contributed by atoms with van der Waals surface area (Å²) in [4.78, 5) is 11.8. The van der Waals surface area contributed by atoms with E-state index in [2.05, 4.69) is 5.32 Å². The number of phenols is 1. The van der Waals surface area contributed by atoms with Gasteiger partial charge in [0.25, 0.3) is 5.91 Å². The molecule has 0 spiro atoms. The van der Waals surface area contributed by atoms with Gasteiger partial charge >= 0.3 is 0 Å². The Hall–Kier alpha value is -1.74. The number of nitrogens with one attached hydrogen (secondary N) is 1. The lowest BCUT2D eigenvalue weighted by atomic mass is 10.1. The summed E-state index contributed by atoms with van der Waals surface area (Å²) in [5.74, 6) is -0.134. The Kier molecular flexibility index (Phi) is 3.72. The molecule has 3 nitrogen and oxygen atoms in total. The normalized spacial score (nSPS) is 10.6. The van der Waals surface area contributed by atoms with Crippen molar-refractivity contribution in [3.8, 4) is 5.75 Å². The van der Waals surface area contributed by atoms with Crippen LogP contribution >= 0.6 is 11.6 Å². The van der Waals surface area contributed by atoms with Crippen LogP contribution in [-0.2, 0) is 0 Å². The van der Waals surface area contributed by atoms with E-state index in [0.717, 1.165) is 6.42 Å². The van der Waals surface area contributed by atoms with Crippen LogP contribution in [0.3, 0.4) is 0 Å². The van der Waals surface area contributed by atoms with Crippen LogP contribution < -0.4 is 5.32 Å². The molecule has 0 atom stereocenters. The zero-order valence-electron chi connectivity index (χ0n) is 10.0.